The Morgan fingerprint density at radius 2 is 1.78 bits per heavy atom. The summed E-state index contributed by atoms with van der Waals surface area (Å²) in [6.45, 7) is 0. The highest BCUT2D eigenvalue weighted by atomic mass is 19.4. The maximum absolute atomic E-state index is 13.0. The van der Waals surface area contributed by atoms with Gasteiger partial charge in [0.15, 0.2) is 0 Å². The maximum Gasteiger partial charge on any atom is 0.433 e. The van der Waals surface area contributed by atoms with Crippen LogP contribution in [0.4, 0.5) is 26.3 Å². The zero-order valence-electron chi connectivity index (χ0n) is 16.2. The Labute approximate surface area is 177 Å². The molecule has 0 unspecified atom stereocenters. The summed E-state index contributed by atoms with van der Waals surface area (Å²) in [5, 5.41) is 7.09. The van der Waals surface area contributed by atoms with Gasteiger partial charge < -0.3 is 5.32 Å². The Bertz CT molecular complexity index is 1140. The van der Waals surface area contributed by atoms with Crippen molar-refractivity contribution in [2.75, 3.05) is 0 Å². The number of halogens is 6. The molecular weight excluding hydrogens is 440 g/mol. The van der Waals surface area contributed by atoms with Crippen LogP contribution in [0.2, 0.25) is 0 Å². The first-order chi connectivity index (χ1) is 15.0. The summed E-state index contributed by atoms with van der Waals surface area (Å²) in [4.78, 5) is 19.1. The van der Waals surface area contributed by atoms with Crippen molar-refractivity contribution in [3.63, 3.8) is 0 Å². The van der Waals surface area contributed by atoms with Gasteiger partial charge in [0.1, 0.15) is 11.4 Å². The SMILES string of the molecule is O=C(N[C@H]1CCCc2nn(-c3ccnc(C(F)(F)F)c3)cc21)c1ccc(C(F)(F)F)nc1. The van der Waals surface area contributed by atoms with Crippen LogP contribution in [0, 0.1) is 0 Å². The Morgan fingerprint density at radius 1 is 1.03 bits per heavy atom. The lowest BCUT2D eigenvalue weighted by Crippen LogP contribution is -2.30. The first kappa shape index (κ1) is 21.8. The smallest absolute Gasteiger partial charge is 0.345 e. The molecule has 6 nitrogen and oxygen atoms in total. The molecule has 1 aliphatic carbocycles. The summed E-state index contributed by atoms with van der Waals surface area (Å²) in [6.07, 6.45) is -3.99. The summed E-state index contributed by atoms with van der Waals surface area (Å²) >= 11 is 0. The fourth-order valence-electron chi connectivity index (χ4n) is 3.47. The standard InChI is InChI=1S/C20H15F6N5O/c21-19(22,23)16-5-4-11(9-28-16)18(32)29-14-2-1-3-15-13(14)10-31(30-15)12-6-7-27-17(8-12)20(24,25)26/h4-10,14H,1-3H2,(H,29,32)/t14-/m0/s1. The first-order valence-electron chi connectivity index (χ1n) is 9.48. The van der Waals surface area contributed by atoms with Crippen molar-refractivity contribution in [2.24, 2.45) is 0 Å². The average Bonchev–Trinajstić information content (AvgIpc) is 3.18. The predicted octanol–water partition coefficient (Wildman–Crippen LogP) is 4.51. The number of nitrogens with one attached hydrogen (secondary N) is 1. The van der Waals surface area contributed by atoms with Gasteiger partial charge in [-0.1, -0.05) is 0 Å². The van der Waals surface area contributed by atoms with E-state index >= 15 is 0 Å². The molecule has 168 valence electrons. The number of carbonyl (C=O) groups is 1. The Balaban J connectivity index is 1.56. The van der Waals surface area contributed by atoms with Crippen molar-refractivity contribution in [3.8, 4) is 5.69 Å². The van der Waals surface area contributed by atoms with E-state index in [1.807, 2.05) is 0 Å². The van der Waals surface area contributed by atoms with Crippen LogP contribution in [0.3, 0.4) is 0 Å². The Morgan fingerprint density at radius 3 is 2.44 bits per heavy atom. The van der Waals surface area contributed by atoms with Gasteiger partial charge in [-0.2, -0.15) is 31.4 Å². The van der Waals surface area contributed by atoms with Gasteiger partial charge in [-0.15, -0.1) is 0 Å². The van der Waals surface area contributed by atoms with Crippen molar-refractivity contribution in [1.29, 1.82) is 0 Å². The topological polar surface area (TPSA) is 72.7 Å². The molecule has 12 heteroatoms. The highest BCUT2D eigenvalue weighted by Crippen LogP contribution is 2.32. The first-order valence-corrected chi connectivity index (χ1v) is 9.48. The molecule has 0 radical (unpaired) electrons. The second-order valence-corrected chi connectivity index (χ2v) is 7.22. The van der Waals surface area contributed by atoms with Crippen LogP contribution in [-0.2, 0) is 18.8 Å². The molecule has 3 heterocycles. The van der Waals surface area contributed by atoms with E-state index in [1.54, 1.807) is 6.20 Å². The van der Waals surface area contributed by atoms with Crippen molar-refractivity contribution < 1.29 is 31.1 Å². The van der Waals surface area contributed by atoms with Gasteiger partial charge in [-0.25, -0.2) is 4.68 Å². The van der Waals surface area contributed by atoms with Crippen molar-refractivity contribution in [1.82, 2.24) is 25.1 Å². The third-order valence-electron chi connectivity index (χ3n) is 5.02. The summed E-state index contributed by atoms with van der Waals surface area (Å²) < 4.78 is 78.1. The number of nitrogens with zero attached hydrogens (tertiary/aromatic N) is 4. The number of hydrogen-bond donors (Lipinski definition) is 1. The molecule has 3 aromatic rings. The average molecular weight is 455 g/mol. The highest BCUT2D eigenvalue weighted by Gasteiger charge is 2.34. The molecule has 0 saturated heterocycles. The van der Waals surface area contributed by atoms with Crippen LogP contribution in [0.1, 0.15) is 51.9 Å². The van der Waals surface area contributed by atoms with E-state index < -0.39 is 35.7 Å². The minimum Gasteiger partial charge on any atom is -0.345 e. The molecule has 0 fully saturated rings. The molecule has 4 rings (SSSR count). The molecule has 0 aliphatic heterocycles. The zero-order valence-corrected chi connectivity index (χ0v) is 16.2. The molecule has 0 saturated carbocycles. The fraction of sp³-hybridized carbons (Fsp3) is 0.300. The summed E-state index contributed by atoms with van der Waals surface area (Å²) in [6, 6.07) is 3.52. The molecule has 1 aliphatic rings. The molecular formula is C20H15F6N5O. The number of fused-ring (bicyclic) bond motifs is 1. The van der Waals surface area contributed by atoms with E-state index in [2.05, 4.69) is 20.4 Å². The van der Waals surface area contributed by atoms with Gasteiger partial charge in [0.05, 0.1) is 23.0 Å². The molecule has 1 amide bonds. The monoisotopic (exact) mass is 455 g/mol. The number of hydrogen-bond acceptors (Lipinski definition) is 4. The molecule has 3 aromatic heterocycles. The van der Waals surface area contributed by atoms with Gasteiger partial charge in [0, 0.05) is 24.2 Å². The Kier molecular flexibility index (Phi) is 5.39. The van der Waals surface area contributed by atoms with Gasteiger partial charge in [-0.3, -0.25) is 14.8 Å². The third kappa shape index (κ3) is 4.43. The van der Waals surface area contributed by atoms with Crippen LogP contribution < -0.4 is 5.32 Å². The molecule has 1 N–H and O–H groups in total. The van der Waals surface area contributed by atoms with E-state index in [0.717, 1.165) is 30.6 Å². The van der Waals surface area contributed by atoms with Crippen LogP contribution in [0.25, 0.3) is 5.69 Å². The minimum absolute atomic E-state index is 0.0403. The zero-order chi connectivity index (χ0) is 23.1. The highest BCUT2D eigenvalue weighted by molar-refractivity contribution is 5.94. The number of pyridine rings is 2. The van der Waals surface area contributed by atoms with E-state index in [4.69, 9.17) is 0 Å². The maximum atomic E-state index is 13.0. The lowest BCUT2D eigenvalue weighted by Gasteiger charge is -2.22. The number of aryl methyl sites for hydroxylation is 1. The van der Waals surface area contributed by atoms with Crippen LogP contribution in [0.5, 0.6) is 0 Å². The quantitative estimate of drug-likeness (QED) is 0.590. The normalized spacial score (nSPS) is 16.5. The minimum atomic E-state index is -4.61. The number of carbonyl (C=O) groups excluding carboxylic acids is 1. The Hall–Kier alpha value is -3.44. The van der Waals surface area contributed by atoms with Gasteiger partial charge in [-0.05, 0) is 43.5 Å². The van der Waals surface area contributed by atoms with E-state index in [0.29, 0.717) is 30.5 Å². The van der Waals surface area contributed by atoms with Crippen molar-refractivity contribution >= 4 is 5.91 Å². The second-order valence-electron chi connectivity index (χ2n) is 7.22. The molecule has 32 heavy (non-hydrogen) atoms. The van der Waals surface area contributed by atoms with Crippen molar-refractivity contribution in [2.45, 2.75) is 37.7 Å². The molecule has 1 atom stereocenters. The fourth-order valence-corrected chi connectivity index (χ4v) is 3.47. The molecule has 0 bridgehead atoms. The van der Waals surface area contributed by atoms with E-state index in [9.17, 15) is 31.1 Å². The predicted molar refractivity (Wildman–Crippen MR) is 98.7 cm³/mol. The largest absolute Gasteiger partial charge is 0.433 e. The van der Waals surface area contributed by atoms with Gasteiger partial charge in [0.2, 0.25) is 0 Å². The van der Waals surface area contributed by atoms with Crippen LogP contribution in [-0.4, -0.2) is 25.7 Å². The number of rotatable bonds is 3. The number of amides is 1. The number of alkyl halides is 6. The summed E-state index contributed by atoms with van der Waals surface area (Å²) in [5.74, 6) is -0.611. The molecule has 0 spiro atoms. The molecule has 0 aromatic carbocycles. The lowest BCUT2D eigenvalue weighted by molar-refractivity contribution is -0.142. The van der Waals surface area contributed by atoms with Crippen molar-refractivity contribution in [3.05, 3.63) is 71.1 Å². The van der Waals surface area contributed by atoms with Gasteiger partial charge in [0.25, 0.3) is 5.91 Å². The second kappa shape index (κ2) is 7.92. The van der Waals surface area contributed by atoms with E-state index in [-0.39, 0.29) is 11.3 Å². The van der Waals surface area contributed by atoms with Crippen LogP contribution >= 0.6 is 0 Å². The van der Waals surface area contributed by atoms with Crippen LogP contribution in [0.15, 0.2) is 42.9 Å². The van der Waals surface area contributed by atoms with E-state index in [1.165, 1.54) is 10.7 Å². The summed E-state index contributed by atoms with van der Waals surface area (Å²) in [5.41, 5.74) is -0.776. The summed E-state index contributed by atoms with van der Waals surface area (Å²) in [7, 11) is 0. The lowest BCUT2D eigenvalue weighted by atomic mass is 9.93. The van der Waals surface area contributed by atoms with Gasteiger partial charge >= 0.3 is 12.4 Å². The number of aromatic nitrogens is 4. The third-order valence-corrected chi connectivity index (χ3v) is 5.02.